The second-order valence-electron chi connectivity index (χ2n) is 4.34. The van der Waals surface area contributed by atoms with E-state index in [1.807, 2.05) is 26.0 Å². The Bertz CT molecular complexity index is 363. The molecule has 2 atom stereocenters. The topological polar surface area (TPSA) is 44.5 Å². The Kier molecular flexibility index (Phi) is 3.34. The maximum absolute atomic E-state index is 5.91. The van der Waals surface area contributed by atoms with Crippen LogP contribution in [-0.2, 0) is 6.42 Å². The van der Waals surface area contributed by atoms with Crippen LogP contribution in [0.1, 0.15) is 19.4 Å². The van der Waals surface area contributed by atoms with Gasteiger partial charge in [0, 0.05) is 12.0 Å². The van der Waals surface area contributed by atoms with E-state index in [1.54, 1.807) is 0 Å². The van der Waals surface area contributed by atoms with Gasteiger partial charge < -0.3 is 15.2 Å². The van der Waals surface area contributed by atoms with E-state index in [0.29, 0.717) is 12.5 Å². The molecule has 0 aromatic heterocycles. The van der Waals surface area contributed by atoms with Crippen LogP contribution in [0, 0.1) is 5.92 Å². The molecule has 2 N–H and O–H groups in total. The van der Waals surface area contributed by atoms with Gasteiger partial charge in [-0.2, -0.15) is 0 Å². The highest BCUT2D eigenvalue weighted by molar-refractivity contribution is 5.41. The van der Waals surface area contributed by atoms with Gasteiger partial charge in [0.2, 0.25) is 0 Å². The third kappa shape index (κ3) is 2.30. The summed E-state index contributed by atoms with van der Waals surface area (Å²) < 4.78 is 11.2. The van der Waals surface area contributed by atoms with Crippen LogP contribution < -0.4 is 15.2 Å². The molecule has 3 heteroatoms. The lowest BCUT2D eigenvalue weighted by atomic mass is 9.92. The summed E-state index contributed by atoms with van der Waals surface area (Å²) >= 11 is 0. The average Bonchev–Trinajstić information content (AvgIpc) is 2.28. The first-order chi connectivity index (χ1) is 7.70. The van der Waals surface area contributed by atoms with E-state index in [2.05, 4.69) is 6.07 Å². The molecule has 1 aromatic carbocycles. The Morgan fingerprint density at radius 3 is 3.06 bits per heavy atom. The van der Waals surface area contributed by atoms with Crippen molar-refractivity contribution in [2.24, 2.45) is 11.7 Å². The molecule has 3 nitrogen and oxygen atoms in total. The Morgan fingerprint density at radius 2 is 2.38 bits per heavy atom. The minimum Gasteiger partial charge on any atom is -0.494 e. The van der Waals surface area contributed by atoms with Crippen LogP contribution in [-0.4, -0.2) is 19.3 Å². The lowest BCUT2D eigenvalue weighted by Crippen LogP contribution is -2.35. The van der Waals surface area contributed by atoms with E-state index >= 15 is 0 Å². The van der Waals surface area contributed by atoms with Crippen molar-refractivity contribution in [3.8, 4) is 11.5 Å². The molecule has 2 rings (SSSR count). The Balaban J connectivity index is 2.18. The fourth-order valence-corrected chi connectivity index (χ4v) is 1.99. The van der Waals surface area contributed by atoms with Gasteiger partial charge in [-0.3, -0.25) is 0 Å². The van der Waals surface area contributed by atoms with Crippen molar-refractivity contribution < 1.29 is 9.47 Å². The third-order valence-electron chi connectivity index (χ3n) is 3.02. The van der Waals surface area contributed by atoms with Gasteiger partial charge in [-0.05, 0) is 44.0 Å². The SMILES string of the molecule is CCOc1ccc2c(c1)CC(C(C)N)CO2. The van der Waals surface area contributed by atoms with Gasteiger partial charge in [-0.15, -0.1) is 0 Å². The normalized spacial score (nSPS) is 20.8. The highest BCUT2D eigenvalue weighted by atomic mass is 16.5. The van der Waals surface area contributed by atoms with Gasteiger partial charge in [0.15, 0.2) is 0 Å². The Labute approximate surface area is 96.5 Å². The molecule has 88 valence electrons. The number of hydrogen-bond donors (Lipinski definition) is 1. The number of hydrogen-bond acceptors (Lipinski definition) is 3. The lowest BCUT2D eigenvalue weighted by molar-refractivity contribution is 0.203. The molecular weight excluding hydrogens is 202 g/mol. The van der Waals surface area contributed by atoms with Gasteiger partial charge in [0.25, 0.3) is 0 Å². The summed E-state index contributed by atoms with van der Waals surface area (Å²) in [5, 5.41) is 0. The van der Waals surface area contributed by atoms with Crippen LogP contribution in [0.4, 0.5) is 0 Å². The van der Waals surface area contributed by atoms with Crippen molar-refractivity contribution in [2.45, 2.75) is 26.3 Å². The van der Waals surface area contributed by atoms with E-state index < -0.39 is 0 Å². The molecule has 1 aliphatic heterocycles. The van der Waals surface area contributed by atoms with Crippen LogP contribution in [0.5, 0.6) is 11.5 Å². The zero-order valence-corrected chi connectivity index (χ0v) is 9.90. The van der Waals surface area contributed by atoms with E-state index in [0.717, 1.165) is 24.5 Å². The molecule has 16 heavy (non-hydrogen) atoms. The highest BCUT2D eigenvalue weighted by Gasteiger charge is 2.22. The molecule has 0 saturated heterocycles. The van der Waals surface area contributed by atoms with Crippen LogP contribution in [0.2, 0.25) is 0 Å². The molecule has 0 radical (unpaired) electrons. The van der Waals surface area contributed by atoms with Gasteiger partial charge in [0.1, 0.15) is 11.5 Å². The minimum atomic E-state index is 0.170. The second kappa shape index (κ2) is 4.74. The first-order valence-electron chi connectivity index (χ1n) is 5.84. The summed E-state index contributed by atoms with van der Waals surface area (Å²) in [7, 11) is 0. The van der Waals surface area contributed by atoms with E-state index in [1.165, 1.54) is 5.56 Å². The largest absolute Gasteiger partial charge is 0.494 e. The maximum atomic E-state index is 5.91. The molecule has 2 unspecified atom stereocenters. The van der Waals surface area contributed by atoms with Crippen molar-refractivity contribution >= 4 is 0 Å². The third-order valence-corrected chi connectivity index (χ3v) is 3.02. The standard InChI is InChI=1S/C13H19NO2/c1-3-15-12-4-5-13-10(7-12)6-11(8-16-13)9(2)14/h4-5,7,9,11H,3,6,8,14H2,1-2H3. The predicted molar refractivity (Wildman–Crippen MR) is 63.9 cm³/mol. The van der Waals surface area contributed by atoms with Crippen LogP contribution in [0.15, 0.2) is 18.2 Å². The summed E-state index contributed by atoms with van der Waals surface area (Å²) in [4.78, 5) is 0. The van der Waals surface area contributed by atoms with Crippen molar-refractivity contribution in [1.29, 1.82) is 0 Å². The summed E-state index contributed by atoms with van der Waals surface area (Å²) in [6.07, 6.45) is 0.980. The smallest absolute Gasteiger partial charge is 0.122 e. The van der Waals surface area contributed by atoms with Gasteiger partial charge >= 0.3 is 0 Å². The van der Waals surface area contributed by atoms with Crippen LogP contribution >= 0.6 is 0 Å². The average molecular weight is 221 g/mol. The molecule has 1 aliphatic rings. The van der Waals surface area contributed by atoms with Crippen molar-refractivity contribution in [3.05, 3.63) is 23.8 Å². The number of nitrogens with two attached hydrogens (primary N) is 1. The van der Waals surface area contributed by atoms with Crippen molar-refractivity contribution in [3.63, 3.8) is 0 Å². The quantitative estimate of drug-likeness (QED) is 0.849. The number of benzene rings is 1. The molecule has 1 aromatic rings. The molecule has 0 aliphatic carbocycles. The second-order valence-corrected chi connectivity index (χ2v) is 4.34. The molecule has 0 amide bonds. The van der Waals surface area contributed by atoms with Gasteiger partial charge in [-0.1, -0.05) is 0 Å². The number of rotatable bonds is 3. The summed E-state index contributed by atoms with van der Waals surface area (Å²) in [5.74, 6) is 2.29. The molecule has 0 spiro atoms. The summed E-state index contributed by atoms with van der Waals surface area (Å²) in [5.41, 5.74) is 7.12. The Morgan fingerprint density at radius 1 is 1.56 bits per heavy atom. The highest BCUT2D eigenvalue weighted by Crippen LogP contribution is 2.31. The first kappa shape index (κ1) is 11.3. The fourth-order valence-electron chi connectivity index (χ4n) is 1.99. The first-order valence-corrected chi connectivity index (χ1v) is 5.84. The van der Waals surface area contributed by atoms with Gasteiger partial charge in [0.05, 0.1) is 13.2 Å². The summed E-state index contributed by atoms with van der Waals surface area (Å²) in [6.45, 7) is 5.43. The minimum absolute atomic E-state index is 0.170. The molecule has 1 heterocycles. The zero-order chi connectivity index (χ0) is 11.5. The van der Waals surface area contributed by atoms with E-state index in [-0.39, 0.29) is 6.04 Å². The van der Waals surface area contributed by atoms with Crippen molar-refractivity contribution in [2.75, 3.05) is 13.2 Å². The maximum Gasteiger partial charge on any atom is 0.122 e. The van der Waals surface area contributed by atoms with Gasteiger partial charge in [-0.25, -0.2) is 0 Å². The van der Waals surface area contributed by atoms with Crippen LogP contribution in [0.25, 0.3) is 0 Å². The summed E-state index contributed by atoms with van der Waals surface area (Å²) in [6, 6.07) is 6.17. The molecular formula is C13H19NO2. The molecule has 0 fully saturated rings. The molecule has 0 saturated carbocycles. The molecule has 0 bridgehead atoms. The number of fused-ring (bicyclic) bond motifs is 1. The predicted octanol–water partition coefficient (Wildman–Crippen LogP) is 1.98. The lowest BCUT2D eigenvalue weighted by Gasteiger charge is -2.28. The van der Waals surface area contributed by atoms with E-state index in [4.69, 9.17) is 15.2 Å². The fraction of sp³-hybridized carbons (Fsp3) is 0.538. The zero-order valence-electron chi connectivity index (χ0n) is 9.90. The Hall–Kier alpha value is -1.22. The monoisotopic (exact) mass is 221 g/mol. The van der Waals surface area contributed by atoms with Crippen molar-refractivity contribution in [1.82, 2.24) is 0 Å². The number of ether oxygens (including phenoxy) is 2. The van der Waals surface area contributed by atoms with E-state index in [9.17, 15) is 0 Å². The van der Waals surface area contributed by atoms with Crippen LogP contribution in [0.3, 0.4) is 0 Å².